The molecule has 0 radical (unpaired) electrons. The minimum Gasteiger partial charge on any atom is -0.110 e. The molecule has 0 aliphatic heterocycles. The number of hydrogen-bond acceptors (Lipinski definition) is 0. The van der Waals surface area contributed by atoms with Gasteiger partial charge in [0.05, 0.1) is 14.0 Å². The zero-order valence-corrected chi connectivity index (χ0v) is 10.0. The zero-order valence-electron chi connectivity index (χ0n) is 7.12. The fourth-order valence-corrected chi connectivity index (χ4v) is 4.29. The highest BCUT2D eigenvalue weighted by Crippen LogP contribution is 2.34. The van der Waals surface area contributed by atoms with Gasteiger partial charge >= 0.3 is 0 Å². The van der Waals surface area contributed by atoms with Crippen molar-refractivity contribution < 1.29 is 0 Å². The third-order valence-corrected chi connectivity index (χ3v) is 5.35. The van der Waals surface area contributed by atoms with Gasteiger partial charge in [-0.2, -0.15) is 0 Å². The molecule has 0 aliphatic rings. The highest BCUT2D eigenvalue weighted by molar-refractivity contribution is 6.70. The number of alkyl halides is 2. The molecule has 0 aromatic carbocycles. The lowest BCUT2D eigenvalue weighted by Crippen LogP contribution is -2.24. The van der Waals surface area contributed by atoms with Crippen LogP contribution in [0.2, 0.25) is 5.04 Å². The van der Waals surface area contributed by atoms with Crippen LogP contribution in [0.4, 0.5) is 0 Å². The van der Waals surface area contributed by atoms with Crippen LogP contribution < -0.4 is 0 Å². The predicted octanol–water partition coefficient (Wildman–Crippen LogP) is 2.77. The van der Waals surface area contributed by atoms with E-state index in [4.69, 9.17) is 23.2 Å². The molecule has 0 fully saturated rings. The first-order chi connectivity index (χ1) is 4.36. The van der Waals surface area contributed by atoms with Gasteiger partial charge in [0.2, 0.25) is 0 Å². The van der Waals surface area contributed by atoms with Crippen LogP contribution >= 0.6 is 23.2 Å². The molecule has 0 unspecified atom stereocenters. The molecular weight excluding hydrogens is 183 g/mol. The summed E-state index contributed by atoms with van der Waals surface area (Å²) >= 11 is 11.5. The van der Waals surface area contributed by atoms with Crippen molar-refractivity contribution in [2.75, 3.05) is 0 Å². The van der Waals surface area contributed by atoms with Gasteiger partial charge in [-0.05, 0) is 11.0 Å². The summed E-state index contributed by atoms with van der Waals surface area (Å²) in [7, 11) is -0.343. The van der Waals surface area contributed by atoms with Crippen molar-refractivity contribution in [3.05, 3.63) is 0 Å². The fraction of sp³-hybridized carbons (Fsp3) is 1.00. The van der Waals surface area contributed by atoms with E-state index < -0.39 is 0 Å². The van der Waals surface area contributed by atoms with Gasteiger partial charge in [0, 0.05) is 0 Å². The number of rotatable bonds is 3. The summed E-state index contributed by atoms with van der Waals surface area (Å²) in [5, 5.41) is 0.397. The molecule has 0 bridgehead atoms. The zero-order chi connectivity index (χ0) is 8.36. The standard InChI is InChI=1S/C7H16Cl2Si/c1-5(2)7(3,4)10-6(8)9/h5-6H,10H2,1-4H3. The van der Waals surface area contributed by atoms with E-state index in [0.717, 1.165) is 0 Å². The molecule has 0 nitrogen and oxygen atoms in total. The Balaban J connectivity index is 3.87. The molecule has 0 aromatic heterocycles. The summed E-state index contributed by atoms with van der Waals surface area (Å²) < 4.78 is -0.0857. The van der Waals surface area contributed by atoms with E-state index in [9.17, 15) is 0 Å². The van der Waals surface area contributed by atoms with Crippen molar-refractivity contribution in [1.82, 2.24) is 0 Å². The summed E-state index contributed by atoms with van der Waals surface area (Å²) in [4.78, 5) is 0. The normalized spacial score (nSPS) is 14.4. The first kappa shape index (κ1) is 10.8. The van der Waals surface area contributed by atoms with Gasteiger partial charge in [0.15, 0.2) is 0 Å². The Morgan fingerprint density at radius 1 is 1.20 bits per heavy atom. The molecule has 0 spiro atoms. The van der Waals surface area contributed by atoms with E-state index in [1.807, 2.05) is 0 Å². The summed E-state index contributed by atoms with van der Waals surface area (Å²) in [5.41, 5.74) is 0. The average molecular weight is 199 g/mol. The van der Waals surface area contributed by atoms with Crippen LogP contribution in [-0.4, -0.2) is 14.0 Å². The molecule has 0 N–H and O–H groups in total. The lowest BCUT2D eigenvalue weighted by molar-refractivity contribution is 0.474. The first-order valence-electron chi connectivity index (χ1n) is 3.64. The van der Waals surface area contributed by atoms with Crippen molar-refractivity contribution in [2.45, 2.75) is 37.2 Å². The molecule has 0 saturated heterocycles. The second-order valence-corrected chi connectivity index (χ2v) is 9.10. The molecule has 0 heterocycles. The van der Waals surface area contributed by atoms with Gasteiger partial charge in [-0.25, -0.2) is 0 Å². The molecule has 3 heteroatoms. The van der Waals surface area contributed by atoms with Crippen molar-refractivity contribution in [3.63, 3.8) is 0 Å². The second-order valence-electron chi connectivity index (χ2n) is 3.74. The van der Waals surface area contributed by atoms with Crippen LogP contribution in [0.25, 0.3) is 0 Å². The van der Waals surface area contributed by atoms with Gasteiger partial charge in [-0.15, -0.1) is 23.2 Å². The maximum atomic E-state index is 5.73. The van der Waals surface area contributed by atoms with E-state index >= 15 is 0 Å². The van der Waals surface area contributed by atoms with E-state index in [2.05, 4.69) is 27.7 Å². The van der Waals surface area contributed by atoms with E-state index in [1.165, 1.54) is 0 Å². The van der Waals surface area contributed by atoms with Crippen molar-refractivity contribution >= 4 is 32.7 Å². The van der Waals surface area contributed by atoms with Crippen molar-refractivity contribution in [3.8, 4) is 0 Å². The number of hydrogen-bond donors (Lipinski definition) is 0. The molecule has 62 valence electrons. The van der Waals surface area contributed by atoms with Gasteiger partial charge in [-0.3, -0.25) is 0 Å². The van der Waals surface area contributed by atoms with Gasteiger partial charge in [-0.1, -0.05) is 27.7 Å². The summed E-state index contributed by atoms with van der Waals surface area (Å²) in [6.45, 7) is 8.95. The SMILES string of the molecule is CC(C)C(C)(C)[SiH2]C(Cl)Cl. The van der Waals surface area contributed by atoms with Crippen LogP contribution in [-0.2, 0) is 0 Å². The van der Waals surface area contributed by atoms with Crippen LogP contribution in [0.3, 0.4) is 0 Å². The molecule has 0 aliphatic carbocycles. The minimum absolute atomic E-state index is 0.0857. The number of halogens is 2. The molecule has 0 atom stereocenters. The maximum absolute atomic E-state index is 5.73. The highest BCUT2D eigenvalue weighted by atomic mass is 35.5. The van der Waals surface area contributed by atoms with Crippen molar-refractivity contribution in [1.29, 1.82) is 0 Å². The Kier molecular flexibility index (Phi) is 4.30. The second kappa shape index (κ2) is 3.98. The van der Waals surface area contributed by atoms with Crippen LogP contribution in [0.15, 0.2) is 0 Å². The van der Waals surface area contributed by atoms with Gasteiger partial charge < -0.3 is 0 Å². The Labute approximate surface area is 76.1 Å². The van der Waals surface area contributed by atoms with Gasteiger partial charge in [0.25, 0.3) is 0 Å². The Morgan fingerprint density at radius 2 is 1.60 bits per heavy atom. The molecule has 0 rings (SSSR count). The topological polar surface area (TPSA) is 0 Å². The first-order valence-corrected chi connectivity index (χ1v) is 6.04. The molecule has 10 heavy (non-hydrogen) atoms. The molecule has 0 aromatic rings. The Bertz CT molecular complexity index is 99.8. The Morgan fingerprint density at radius 3 is 1.70 bits per heavy atom. The average Bonchev–Trinajstić information content (AvgIpc) is 1.60. The quantitative estimate of drug-likeness (QED) is 0.484. The minimum atomic E-state index is -0.343. The monoisotopic (exact) mass is 198 g/mol. The largest absolute Gasteiger partial charge is 0.110 e. The van der Waals surface area contributed by atoms with Gasteiger partial charge in [0.1, 0.15) is 0 Å². The molecule has 0 amide bonds. The maximum Gasteiger partial charge on any atom is 0.0913 e. The smallest absolute Gasteiger partial charge is 0.0913 e. The van der Waals surface area contributed by atoms with Crippen LogP contribution in [0.1, 0.15) is 27.7 Å². The van der Waals surface area contributed by atoms with E-state index in [0.29, 0.717) is 11.0 Å². The fourth-order valence-electron chi connectivity index (χ4n) is 0.633. The summed E-state index contributed by atoms with van der Waals surface area (Å²) in [5.74, 6) is 0.694. The summed E-state index contributed by atoms with van der Waals surface area (Å²) in [6, 6.07) is 0. The lowest BCUT2D eigenvalue weighted by Gasteiger charge is -2.28. The molecule has 0 saturated carbocycles. The van der Waals surface area contributed by atoms with Crippen LogP contribution in [0.5, 0.6) is 0 Å². The van der Waals surface area contributed by atoms with E-state index in [1.54, 1.807) is 0 Å². The van der Waals surface area contributed by atoms with E-state index in [-0.39, 0.29) is 14.0 Å². The third-order valence-electron chi connectivity index (χ3n) is 2.24. The predicted molar refractivity (Wildman–Crippen MR) is 52.9 cm³/mol. The van der Waals surface area contributed by atoms with Crippen molar-refractivity contribution in [2.24, 2.45) is 5.92 Å². The summed E-state index contributed by atoms with van der Waals surface area (Å²) in [6.07, 6.45) is 0. The van der Waals surface area contributed by atoms with Crippen LogP contribution in [0, 0.1) is 5.92 Å². The molecular formula is C7H16Cl2Si. The highest BCUT2D eigenvalue weighted by Gasteiger charge is 2.25. The Hall–Kier alpha value is 0.797. The lowest BCUT2D eigenvalue weighted by atomic mass is 9.99. The third kappa shape index (κ3) is 3.84.